The summed E-state index contributed by atoms with van der Waals surface area (Å²) in [6.07, 6.45) is 1.69. The number of benzene rings is 2. The van der Waals surface area contributed by atoms with E-state index >= 15 is 0 Å². The zero-order valence-electron chi connectivity index (χ0n) is 15.5. The van der Waals surface area contributed by atoms with Crippen LogP contribution in [0.15, 0.2) is 47.3 Å². The van der Waals surface area contributed by atoms with E-state index in [0.717, 1.165) is 24.3 Å². The number of fused-ring (bicyclic) bond motifs is 1. The summed E-state index contributed by atoms with van der Waals surface area (Å²) in [5, 5.41) is 11.6. The van der Waals surface area contributed by atoms with Gasteiger partial charge in [0.15, 0.2) is 5.82 Å². The standard InChI is InChI=1S/C21H20ClN3O3/c1-3-25(4-2)15-8-5-13(6-9-15)11-17(22)19-23-18-12-14(21(27)28)7-10-16(18)20(26)24-19/h5-12H,3-4H2,1-2H3,(H,27,28)(H,23,24,26)/p-1/b17-11-. The Balaban J connectivity index is 1.97. The number of carboxylic acids is 1. The van der Waals surface area contributed by atoms with Gasteiger partial charge in [0.1, 0.15) is 0 Å². The van der Waals surface area contributed by atoms with E-state index in [1.54, 1.807) is 6.08 Å². The molecule has 1 heterocycles. The number of hydrogen-bond acceptors (Lipinski definition) is 5. The van der Waals surface area contributed by atoms with Gasteiger partial charge < -0.3 is 19.8 Å². The highest BCUT2D eigenvalue weighted by Crippen LogP contribution is 2.22. The maximum absolute atomic E-state index is 12.3. The molecular weight excluding hydrogens is 378 g/mol. The lowest BCUT2D eigenvalue weighted by Crippen LogP contribution is -2.22. The van der Waals surface area contributed by atoms with Crippen LogP contribution in [0.25, 0.3) is 22.0 Å². The van der Waals surface area contributed by atoms with Crippen molar-refractivity contribution >= 4 is 45.3 Å². The fourth-order valence-electron chi connectivity index (χ4n) is 2.96. The van der Waals surface area contributed by atoms with Gasteiger partial charge in [-0.25, -0.2) is 4.98 Å². The first-order valence-electron chi connectivity index (χ1n) is 8.91. The molecule has 0 aliphatic carbocycles. The van der Waals surface area contributed by atoms with Crippen molar-refractivity contribution in [3.8, 4) is 0 Å². The lowest BCUT2D eigenvalue weighted by atomic mass is 10.1. The number of H-pyrrole nitrogens is 1. The average molecular weight is 397 g/mol. The van der Waals surface area contributed by atoms with Gasteiger partial charge in [0.25, 0.3) is 5.56 Å². The molecule has 0 saturated heterocycles. The van der Waals surface area contributed by atoms with E-state index in [-0.39, 0.29) is 27.3 Å². The van der Waals surface area contributed by atoms with Gasteiger partial charge in [0, 0.05) is 18.8 Å². The minimum atomic E-state index is -1.33. The van der Waals surface area contributed by atoms with Crippen LogP contribution < -0.4 is 15.6 Å². The summed E-state index contributed by atoms with van der Waals surface area (Å²) in [5.74, 6) is -1.16. The van der Waals surface area contributed by atoms with Crippen LogP contribution in [0.1, 0.15) is 35.6 Å². The molecule has 0 spiro atoms. The Morgan fingerprint density at radius 2 is 1.86 bits per heavy atom. The summed E-state index contributed by atoms with van der Waals surface area (Å²) in [6, 6.07) is 11.9. The number of aromatic nitrogens is 2. The molecule has 0 amide bonds. The second-order valence-corrected chi connectivity index (χ2v) is 6.60. The van der Waals surface area contributed by atoms with Gasteiger partial charge in [-0.1, -0.05) is 29.8 Å². The number of carbonyl (C=O) groups is 1. The van der Waals surface area contributed by atoms with Crippen LogP contribution in [0, 0.1) is 0 Å². The largest absolute Gasteiger partial charge is 0.545 e. The molecule has 3 aromatic rings. The minimum Gasteiger partial charge on any atom is -0.545 e. The lowest BCUT2D eigenvalue weighted by molar-refractivity contribution is -0.255. The number of carboxylic acid groups (broad SMARTS) is 1. The van der Waals surface area contributed by atoms with Gasteiger partial charge in [0.05, 0.1) is 21.9 Å². The van der Waals surface area contributed by atoms with E-state index in [9.17, 15) is 14.7 Å². The summed E-state index contributed by atoms with van der Waals surface area (Å²) in [6.45, 7) is 6.04. The van der Waals surface area contributed by atoms with Crippen molar-refractivity contribution in [2.45, 2.75) is 13.8 Å². The fraction of sp³-hybridized carbons (Fsp3) is 0.190. The van der Waals surface area contributed by atoms with E-state index in [4.69, 9.17) is 11.6 Å². The average Bonchev–Trinajstić information content (AvgIpc) is 2.69. The number of carbonyl (C=O) groups excluding carboxylic acids is 1. The van der Waals surface area contributed by atoms with Crippen LogP contribution in [0.3, 0.4) is 0 Å². The maximum Gasteiger partial charge on any atom is 0.259 e. The third kappa shape index (κ3) is 4.07. The van der Waals surface area contributed by atoms with Crippen molar-refractivity contribution in [3.05, 3.63) is 69.8 Å². The molecular formula is C21H19ClN3O3-. The molecule has 0 atom stereocenters. The topological polar surface area (TPSA) is 89.1 Å². The summed E-state index contributed by atoms with van der Waals surface area (Å²) < 4.78 is 0. The van der Waals surface area contributed by atoms with Gasteiger partial charge in [-0.05, 0) is 55.3 Å². The van der Waals surface area contributed by atoms with Crippen LogP contribution in [-0.2, 0) is 0 Å². The molecule has 0 aliphatic rings. The second-order valence-electron chi connectivity index (χ2n) is 6.19. The third-order valence-corrected chi connectivity index (χ3v) is 4.77. The van der Waals surface area contributed by atoms with Crippen molar-refractivity contribution in [3.63, 3.8) is 0 Å². The molecule has 0 unspecified atom stereocenters. The molecule has 0 radical (unpaired) electrons. The van der Waals surface area contributed by atoms with E-state index in [1.807, 2.05) is 24.3 Å². The molecule has 1 aromatic heterocycles. The van der Waals surface area contributed by atoms with Crippen LogP contribution in [0.2, 0.25) is 0 Å². The molecule has 0 saturated carbocycles. The maximum atomic E-state index is 12.3. The molecule has 0 bridgehead atoms. The zero-order valence-corrected chi connectivity index (χ0v) is 16.3. The molecule has 144 valence electrons. The molecule has 0 fully saturated rings. The van der Waals surface area contributed by atoms with Gasteiger partial charge >= 0.3 is 0 Å². The summed E-state index contributed by atoms with van der Waals surface area (Å²) in [5.41, 5.74) is 1.76. The molecule has 0 aliphatic heterocycles. The molecule has 3 rings (SSSR count). The van der Waals surface area contributed by atoms with Crippen molar-refractivity contribution in [1.29, 1.82) is 0 Å². The molecule has 6 nitrogen and oxygen atoms in total. The van der Waals surface area contributed by atoms with Gasteiger partial charge in [-0.2, -0.15) is 0 Å². The Hall–Kier alpha value is -3.12. The van der Waals surface area contributed by atoms with Crippen molar-refractivity contribution in [1.82, 2.24) is 9.97 Å². The van der Waals surface area contributed by atoms with Gasteiger partial charge in [0.2, 0.25) is 0 Å². The minimum absolute atomic E-state index is 0.0522. The first-order chi connectivity index (χ1) is 13.4. The smallest absolute Gasteiger partial charge is 0.259 e. The Morgan fingerprint density at radius 3 is 2.46 bits per heavy atom. The predicted molar refractivity (Wildman–Crippen MR) is 110 cm³/mol. The Labute approximate surface area is 167 Å². The summed E-state index contributed by atoms with van der Waals surface area (Å²) >= 11 is 6.36. The lowest BCUT2D eigenvalue weighted by Gasteiger charge is -2.20. The van der Waals surface area contributed by atoms with Crippen molar-refractivity contribution < 1.29 is 9.90 Å². The normalized spacial score (nSPS) is 11.6. The first-order valence-corrected chi connectivity index (χ1v) is 9.28. The van der Waals surface area contributed by atoms with E-state index < -0.39 is 11.5 Å². The number of halogens is 1. The molecule has 2 aromatic carbocycles. The quantitative estimate of drug-likeness (QED) is 0.692. The Kier molecular flexibility index (Phi) is 5.80. The van der Waals surface area contributed by atoms with Crippen molar-refractivity contribution in [2.75, 3.05) is 18.0 Å². The van der Waals surface area contributed by atoms with E-state index in [0.29, 0.717) is 0 Å². The first kappa shape index (κ1) is 19.6. The van der Waals surface area contributed by atoms with E-state index in [1.165, 1.54) is 18.2 Å². The number of aromatic carboxylic acids is 1. The SMILES string of the molecule is CCN(CC)c1ccc(/C=C(\Cl)c2nc3cc(C(=O)[O-])ccc3c(=O)[nH]2)cc1. The number of nitrogens with one attached hydrogen (secondary N) is 1. The number of aromatic amines is 1. The predicted octanol–water partition coefficient (Wildman–Crippen LogP) is 2.87. The Bertz CT molecular complexity index is 1100. The number of anilines is 1. The highest BCUT2D eigenvalue weighted by molar-refractivity contribution is 6.50. The van der Waals surface area contributed by atoms with Crippen molar-refractivity contribution in [2.24, 2.45) is 0 Å². The number of rotatable bonds is 6. The summed E-state index contributed by atoms with van der Waals surface area (Å²) in [7, 11) is 0. The highest BCUT2D eigenvalue weighted by atomic mass is 35.5. The van der Waals surface area contributed by atoms with Gasteiger partial charge in [-0.15, -0.1) is 0 Å². The molecule has 1 N–H and O–H groups in total. The molecule has 28 heavy (non-hydrogen) atoms. The highest BCUT2D eigenvalue weighted by Gasteiger charge is 2.09. The fourth-order valence-corrected chi connectivity index (χ4v) is 3.18. The molecule has 7 heteroatoms. The van der Waals surface area contributed by atoms with Crippen LogP contribution in [-0.4, -0.2) is 29.0 Å². The number of hydrogen-bond donors (Lipinski definition) is 1. The second kappa shape index (κ2) is 8.27. The number of nitrogens with zero attached hydrogens (tertiary/aromatic N) is 2. The summed E-state index contributed by atoms with van der Waals surface area (Å²) in [4.78, 5) is 32.5. The van der Waals surface area contributed by atoms with Crippen LogP contribution in [0.5, 0.6) is 0 Å². The zero-order chi connectivity index (χ0) is 20.3. The van der Waals surface area contributed by atoms with Gasteiger partial charge in [-0.3, -0.25) is 4.79 Å². The van der Waals surface area contributed by atoms with Crippen LogP contribution in [0.4, 0.5) is 5.69 Å². The Morgan fingerprint density at radius 1 is 1.18 bits per heavy atom. The monoisotopic (exact) mass is 396 g/mol. The third-order valence-electron chi connectivity index (χ3n) is 4.48. The van der Waals surface area contributed by atoms with E-state index in [2.05, 4.69) is 28.7 Å². The van der Waals surface area contributed by atoms with Crippen LogP contribution >= 0.6 is 11.6 Å².